The van der Waals surface area contributed by atoms with Crippen molar-refractivity contribution >= 4 is 34.7 Å². The molecule has 9 nitrogen and oxygen atoms in total. The Kier molecular flexibility index (Phi) is 5.61. The van der Waals surface area contributed by atoms with Crippen LogP contribution in [-0.2, 0) is 4.79 Å². The number of hydrogen-bond acceptors (Lipinski definition) is 8. The fourth-order valence-corrected chi connectivity index (χ4v) is 3.05. The smallest absolute Gasteiger partial charge is 0.250 e. The second-order valence-corrected chi connectivity index (χ2v) is 6.42. The van der Waals surface area contributed by atoms with Crippen molar-refractivity contribution in [1.82, 2.24) is 15.0 Å². The zero-order valence-electron chi connectivity index (χ0n) is 16.6. The molecule has 2 N–H and O–H groups in total. The van der Waals surface area contributed by atoms with Crippen LogP contribution in [0.4, 0.5) is 33.2 Å². The molecule has 3 heterocycles. The third-order valence-electron chi connectivity index (χ3n) is 4.48. The molecule has 0 saturated carbocycles. The van der Waals surface area contributed by atoms with Gasteiger partial charge in [0.05, 0.1) is 37.4 Å². The molecule has 10 heteroatoms. The highest BCUT2D eigenvalue weighted by atomic mass is 19.1. The van der Waals surface area contributed by atoms with E-state index in [1.165, 1.54) is 18.1 Å². The maximum absolute atomic E-state index is 14.5. The number of halogens is 1. The van der Waals surface area contributed by atoms with E-state index in [1.54, 1.807) is 36.5 Å². The zero-order chi connectivity index (χ0) is 21.8. The number of para-hydroxylation sites is 1. The average molecular weight is 422 g/mol. The molecule has 0 unspecified atom stereocenters. The van der Waals surface area contributed by atoms with Crippen LogP contribution in [0.1, 0.15) is 0 Å². The van der Waals surface area contributed by atoms with E-state index in [0.717, 1.165) is 6.20 Å². The lowest BCUT2D eigenvalue weighted by Crippen LogP contribution is -2.37. The van der Waals surface area contributed by atoms with E-state index in [9.17, 15) is 9.18 Å². The van der Waals surface area contributed by atoms with Crippen molar-refractivity contribution in [3.05, 3.63) is 61.2 Å². The molecule has 1 aromatic carbocycles. The van der Waals surface area contributed by atoms with Gasteiger partial charge in [0.15, 0.2) is 11.6 Å². The van der Waals surface area contributed by atoms with Crippen LogP contribution in [0.15, 0.2) is 55.4 Å². The molecular formula is C21H19FN6O3. The summed E-state index contributed by atoms with van der Waals surface area (Å²) in [6, 6.07) is 8.59. The number of amides is 1. The maximum Gasteiger partial charge on any atom is 0.250 e. The predicted molar refractivity (Wildman–Crippen MR) is 114 cm³/mol. The molecule has 0 bridgehead atoms. The van der Waals surface area contributed by atoms with Gasteiger partial charge < -0.3 is 25.0 Å². The molecule has 0 saturated heterocycles. The summed E-state index contributed by atoms with van der Waals surface area (Å²) < 4.78 is 25.2. The molecule has 0 spiro atoms. The number of anilines is 5. The topological polar surface area (TPSA) is 102 Å². The summed E-state index contributed by atoms with van der Waals surface area (Å²) in [6.45, 7) is 4.24. The Hall–Kier alpha value is -4.21. The minimum atomic E-state index is -0.658. The van der Waals surface area contributed by atoms with Crippen molar-refractivity contribution in [1.29, 1.82) is 0 Å². The van der Waals surface area contributed by atoms with Gasteiger partial charge in [0.2, 0.25) is 11.8 Å². The SMILES string of the molecule is C=CC(=O)N1CCOc2cccc(Nc3nc(Nc4ccc(OC)nc4)ncc3F)c21. The summed E-state index contributed by atoms with van der Waals surface area (Å²) in [6.07, 6.45) is 3.82. The maximum atomic E-state index is 14.5. The average Bonchev–Trinajstić information content (AvgIpc) is 2.81. The normalized spacial score (nSPS) is 12.4. The zero-order valence-corrected chi connectivity index (χ0v) is 16.6. The first kappa shape index (κ1) is 20.1. The van der Waals surface area contributed by atoms with Gasteiger partial charge in [0.25, 0.3) is 5.91 Å². The van der Waals surface area contributed by atoms with Gasteiger partial charge in [0.1, 0.15) is 18.0 Å². The second-order valence-electron chi connectivity index (χ2n) is 6.42. The molecule has 0 atom stereocenters. The number of carbonyl (C=O) groups is 1. The number of aromatic nitrogens is 3. The quantitative estimate of drug-likeness (QED) is 0.583. The van der Waals surface area contributed by atoms with E-state index in [1.807, 2.05) is 0 Å². The van der Waals surface area contributed by atoms with Crippen LogP contribution in [0.2, 0.25) is 0 Å². The first-order chi connectivity index (χ1) is 15.1. The molecule has 1 amide bonds. The Labute approximate surface area is 177 Å². The van der Waals surface area contributed by atoms with Gasteiger partial charge in [-0.3, -0.25) is 4.79 Å². The molecule has 158 valence electrons. The van der Waals surface area contributed by atoms with Gasteiger partial charge >= 0.3 is 0 Å². The van der Waals surface area contributed by atoms with E-state index in [0.29, 0.717) is 41.8 Å². The number of carbonyl (C=O) groups excluding carboxylic acids is 1. The molecule has 0 fully saturated rings. The van der Waals surface area contributed by atoms with Gasteiger partial charge in [-0.2, -0.15) is 4.98 Å². The number of ether oxygens (including phenoxy) is 2. The van der Waals surface area contributed by atoms with E-state index in [2.05, 4.69) is 32.2 Å². The van der Waals surface area contributed by atoms with E-state index >= 15 is 0 Å². The van der Waals surface area contributed by atoms with Crippen LogP contribution in [0.5, 0.6) is 11.6 Å². The Bertz CT molecular complexity index is 1120. The third kappa shape index (κ3) is 4.22. The summed E-state index contributed by atoms with van der Waals surface area (Å²) in [5.74, 6) is 0.122. The Balaban J connectivity index is 1.63. The third-order valence-corrected chi connectivity index (χ3v) is 4.48. The van der Waals surface area contributed by atoms with Crippen LogP contribution in [0, 0.1) is 5.82 Å². The summed E-state index contributed by atoms with van der Waals surface area (Å²) in [4.78, 5) is 26.1. The number of benzene rings is 1. The highest BCUT2D eigenvalue weighted by molar-refractivity contribution is 6.05. The summed E-state index contributed by atoms with van der Waals surface area (Å²) >= 11 is 0. The second kappa shape index (κ2) is 8.66. The van der Waals surface area contributed by atoms with Crippen LogP contribution in [0.3, 0.4) is 0 Å². The first-order valence-electron chi connectivity index (χ1n) is 9.35. The molecule has 4 rings (SSSR count). The van der Waals surface area contributed by atoms with Crippen molar-refractivity contribution < 1.29 is 18.7 Å². The minimum absolute atomic E-state index is 0.0658. The summed E-state index contributed by atoms with van der Waals surface area (Å²) in [5, 5.41) is 5.90. The largest absolute Gasteiger partial charge is 0.489 e. The Morgan fingerprint density at radius 1 is 1.26 bits per heavy atom. The molecule has 31 heavy (non-hydrogen) atoms. The predicted octanol–water partition coefficient (Wildman–Crippen LogP) is 3.42. The van der Waals surface area contributed by atoms with Crippen molar-refractivity contribution in [3.8, 4) is 11.6 Å². The molecule has 0 radical (unpaired) electrons. The van der Waals surface area contributed by atoms with Crippen molar-refractivity contribution in [3.63, 3.8) is 0 Å². The number of nitrogens with zero attached hydrogens (tertiary/aromatic N) is 4. The lowest BCUT2D eigenvalue weighted by molar-refractivity contribution is -0.114. The number of nitrogens with one attached hydrogen (secondary N) is 2. The van der Waals surface area contributed by atoms with Crippen molar-refractivity contribution in [2.24, 2.45) is 0 Å². The van der Waals surface area contributed by atoms with Crippen LogP contribution < -0.4 is 25.0 Å². The minimum Gasteiger partial charge on any atom is -0.489 e. The number of fused-ring (bicyclic) bond motifs is 1. The number of methoxy groups -OCH3 is 1. The van der Waals surface area contributed by atoms with E-state index < -0.39 is 5.82 Å². The molecule has 1 aliphatic rings. The molecule has 3 aromatic rings. The highest BCUT2D eigenvalue weighted by Crippen LogP contribution is 2.40. The van der Waals surface area contributed by atoms with Gasteiger partial charge in [-0.15, -0.1) is 0 Å². The van der Waals surface area contributed by atoms with Crippen molar-refractivity contribution in [2.45, 2.75) is 0 Å². The summed E-state index contributed by atoms with van der Waals surface area (Å²) in [7, 11) is 1.52. The number of rotatable bonds is 6. The Morgan fingerprint density at radius 3 is 2.87 bits per heavy atom. The highest BCUT2D eigenvalue weighted by Gasteiger charge is 2.25. The van der Waals surface area contributed by atoms with Gasteiger partial charge in [-0.05, 0) is 24.3 Å². The molecular weight excluding hydrogens is 403 g/mol. The van der Waals surface area contributed by atoms with E-state index in [4.69, 9.17) is 9.47 Å². The standard InChI is InChI=1S/C21H19FN6O3/c1-3-18(29)28-9-10-31-16-6-4-5-15(19(16)28)26-20-14(22)12-24-21(27-20)25-13-7-8-17(30-2)23-11-13/h3-8,11-12H,1,9-10H2,2H3,(H2,24,25,26,27). The Morgan fingerprint density at radius 2 is 2.13 bits per heavy atom. The molecule has 2 aromatic heterocycles. The van der Waals surface area contributed by atoms with Gasteiger partial charge in [-0.1, -0.05) is 12.6 Å². The molecule has 0 aliphatic carbocycles. The first-order valence-corrected chi connectivity index (χ1v) is 9.35. The van der Waals surface area contributed by atoms with Crippen molar-refractivity contribution in [2.75, 3.05) is 35.8 Å². The lowest BCUT2D eigenvalue weighted by Gasteiger charge is -2.30. The molecule has 1 aliphatic heterocycles. The fourth-order valence-electron chi connectivity index (χ4n) is 3.05. The van der Waals surface area contributed by atoms with Crippen LogP contribution in [-0.4, -0.2) is 41.1 Å². The summed E-state index contributed by atoms with van der Waals surface area (Å²) in [5.41, 5.74) is 1.55. The van der Waals surface area contributed by atoms with Crippen LogP contribution >= 0.6 is 0 Å². The van der Waals surface area contributed by atoms with Crippen LogP contribution in [0.25, 0.3) is 0 Å². The van der Waals surface area contributed by atoms with E-state index in [-0.39, 0.29) is 17.7 Å². The van der Waals surface area contributed by atoms with Gasteiger partial charge in [0, 0.05) is 6.07 Å². The fraction of sp³-hybridized carbons (Fsp3) is 0.143. The monoisotopic (exact) mass is 422 g/mol. The lowest BCUT2D eigenvalue weighted by atomic mass is 10.2. The number of pyridine rings is 1. The van der Waals surface area contributed by atoms with Gasteiger partial charge in [-0.25, -0.2) is 14.4 Å². The number of hydrogen-bond donors (Lipinski definition) is 2.